The van der Waals surface area contributed by atoms with Gasteiger partial charge in [0.1, 0.15) is 0 Å². The second-order valence-electron chi connectivity index (χ2n) is 4.91. The van der Waals surface area contributed by atoms with Crippen molar-refractivity contribution < 1.29 is 0 Å². The third-order valence-electron chi connectivity index (χ3n) is 3.43. The first-order valence-corrected chi connectivity index (χ1v) is 7.12. The van der Waals surface area contributed by atoms with E-state index >= 15 is 0 Å². The molecular formula is C17H17N3O. The molecular weight excluding hydrogens is 262 g/mol. The topological polar surface area (TPSA) is 50.7 Å². The zero-order chi connectivity index (χ0) is 14.7. The molecule has 2 heterocycles. The minimum absolute atomic E-state index is 0.0191. The van der Waals surface area contributed by atoms with Gasteiger partial charge in [0.05, 0.1) is 5.69 Å². The lowest BCUT2D eigenvalue weighted by Gasteiger charge is -2.01. The number of aromatic amines is 1. The van der Waals surface area contributed by atoms with Gasteiger partial charge in [-0.1, -0.05) is 49.7 Å². The minimum atomic E-state index is -0.0191. The van der Waals surface area contributed by atoms with E-state index in [2.05, 4.69) is 17.0 Å². The van der Waals surface area contributed by atoms with E-state index in [-0.39, 0.29) is 5.56 Å². The van der Waals surface area contributed by atoms with Crippen LogP contribution in [0.4, 0.5) is 0 Å². The number of hydrogen-bond acceptors (Lipinski definition) is 2. The van der Waals surface area contributed by atoms with Crippen LogP contribution in [0.15, 0.2) is 59.5 Å². The van der Waals surface area contributed by atoms with Gasteiger partial charge >= 0.3 is 0 Å². The van der Waals surface area contributed by atoms with Crippen molar-refractivity contribution in [2.24, 2.45) is 0 Å². The highest BCUT2D eigenvalue weighted by Gasteiger charge is 2.16. The summed E-state index contributed by atoms with van der Waals surface area (Å²) < 4.78 is 1.52. The molecule has 3 rings (SSSR count). The van der Waals surface area contributed by atoms with Gasteiger partial charge in [-0.05, 0) is 24.1 Å². The van der Waals surface area contributed by atoms with Crippen LogP contribution in [-0.4, -0.2) is 14.8 Å². The van der Waals surface area contributed by atoms with Crippen LogP contribution < -0.4 is 5.56 Å². The molecule has 21 heavy (non-hydrogen) atoms. The van der Waals surface area contributed by atoms with Gasteiger partial charge in [-0.25, -0.2) is 9.67 Å². The van der Waals surface area contributed by atoms with Gasteiger partial charge in [0, 0.05) is 11.8 Å². The Kier molecular flexibility index (Phi) is 3.69. The molecule has 0 atom stereocenters. The van der Waals surface area contributed by atoms with E-state index in [1.165, 1.54) is 4.68 Å². The Labute approximate surface area is 123 Å². The Bertz CT molecular complexity index is 773. The summed E-state index contributed by atoms with van der Waals surface area (Å²) in [6, 6.07) is 15.5. The maximum Gasteiger partial charge on any atom is 0.276 e. The van der Waals surface area contributed by atoms with Gasteiger partial charge in [-0.2, -0.15) is 0 Å². The first-order valence-electron chi connectivity index (χ1n) is 7.12. The van der Waals surface area contributed by atoms with Gasteiger partial charge in [0.15, 0.2) is 5.82 Å². The number of rotatable bonds is 4. The van der Waals surface area contributed by atoms with Crippen LogP contribution in [0.25, 0.3) is 17.1 Å². The number of nitrogens with one attached hydrogen (secondary N) is 1. The largest absolute Gasteiger partial charge is 0.289 e. The van der Waals surface area contributed by atoms with Crippen LogP contribution in [0.3, 0.4) is 0 Å². The summed E-state index contributed by atoms with van der Waals surface area (Å²) in [4.78, 5) is 16.9. The molecule has 0 amide bonds. The van der Waals surface area contributed by atoms with Crippen LogP contribution in [0.5, 0.6) is 0 Å². The standard InChI is InChI=1S/C17H17N3O/c1-2-8-14-16(13-9-4-3-5-10-13)19-20(17(14)21)15-11-6-7-12-18-15/h3-7,9-12,19H,2,8H2,1H3. The van der Waals surface area contributed by atoms with E-state index in [4.69, 9.17) is 0 Å². The number of hydrogen-bond donors (Lipinski definition) is 1. The molecule has 4 heteroatoms. The van der Waals surface area contributed by atoms with Crippen LogP contribution in [0.2, 0.25) is 0 Å². The van der Waals surface area contributed by atoms with E-state index < -0.39 is 0 Å². The van der Waals surface area contributed by atoms with Crippen molar-refractivity contribution in [3.05, 3.63) is 70.6 Å². The number of aromatic nitrogens is 3. The van der Waals surface area contributed by atoms with Crippen molar-refractivity contribution >= 4 is 0 Å². The molecule has 2 aromatic heterocycles. The fraction of sp³-hybridized carbons (Fsp3) is 0.176. The molecule has 0 radical (unpaired) electrons. The van der Waals surface area contributed by atoms with Crippen LogP contribution >= 0.6 is 0 Å². The van der Waals surface area contributed by atoms with Gasteiger partial charge < -0.3 is 0 Å². The summed E-state index contributed by atoms with van der Waals surface area (Å²) in [5.41, 5.74) is 2.70. The third kappa shape index (κ3) is 2.52. The molecule has 0 unspecified atom stereocenters. The van der Waals surface area contributed by atoms with Crippen molar-refractivity contribution in [2.45, 2.75) is 19.8 Å². The molecule has 3 aromatic rings. The average Bonchev–Trinajstić information content (AvgIpc) is 2.87. The number of benzene rings is 1. The van der Waals surface area contributed by atoms with E-state index in [0.717, 1.165) is 29.7 Å². The molecule has 0 aliphatic rings. The number of nitrogens with zero attached hydrogens (tertiary/aromatic N) is 2. The van der Waals surface area contributed by atoms with E-state index in [9.17, 15) is 4.79 Å². The molecule has 0 spiro atoms. The quantitative estimate of drug-likeness (QED) is 0.797. The zero-order valence-electron chi connectivity index (χ0n) is 11.9. The number of pyridine rings is 1. The second-order valence-corrected chi connectivity index (χ2v) is 4.91. The van der Waals surface area contributed by atoms with Gasteiger partial charge in [-0.3, -0.25) is 9.89 Å². The Balaban J connectivity index is 2.19. The van der Waals surface area contributed by atoms with Crippen molar-refractivity contribution in [3.8, 4) is 17.1 Å². The summed E-state index contributed by atoms with van der Waals surface area (Å²) in [6.45, 7) is 2.08. The summed E-state index contributed by atoms with van der Waals surface area (Å²) in [7, 11) is 0. The highest BCUT2D eigenvalue weighted by atomic mass is 16.1. The van der Waals surface area contributed by atoms with Gasteiger partial charge in [0.2, 0.25) is 0 Å². The molecule has 0 bridgehead atoms. The normalized spacial score (nSPS) is 10.7. The first-order chi connectivity index (χ1) is 10.3. The average molecular weight is 279 g/mol. The predicted molar refractivity (Wildman–Crippen MR) is 83.6 cm³/mol. The maximum atomic E-state index is 12.6. The Morgan fingerprint density at radius 3 is 2.52 bits per heavy atom. The Morgan fingerprint density at radius 2 is 1.86 bits per heavy atom. The second kappa shape index (κ2) is 5.79. The van der Waals surface area contributed by atoms with Crippen LogP contribution in [0, 0.1) is 0 Å². The SMILES string of the molecule is CCCc1c(-c2ccccc2)[nH]n(-c2ccccn2)c1=O. The molecule has 1 N–H and O–H groups in total. The lowest BCUT2D eigenvalue weighted by Crippen LogP contribution is -2.18. The number of H-pyrrole nitrogens is 1. The molecule has 106 valence electrons. The lowest BCUT2D eigenvalue weighted by atomic mass is 10.1. The van der Waals surface area contributed by atoms with Crippen molar-refractivity contribution in [3.63, 3.8) is 0 Å². The van der Waals surface area contributed by atoms with Gasteiger partial charge in [-0.15, -0.1) is 0 Å². The molecule has 0 aliphatic heterocycles. The summed E-state index contributed by atoms with van der Waals surface area (Å²) in [6.07, 6.45) is 3.36. The van der Waals surface area contributed by atoms with Gasteiger partial charge in [0.25, 0.3) is 5.56 Å². The monoisotopic (exact) mass is 279 g/mol. The molecule has 0 aliphatic carbocycles. The lowest BCUT2D eigenvalue weighted by molar-refractivity contribution is 0.814. The fourth-order valence-electron chi connectivity index (χ4n) is 2.44. The fourth-order valence-corrected chi connectivity index (χ4v) is 2.44. The van der Waals surface area contributed by atoms with E-state index in [1.807, 2.05) is 48.5 Å². The summed E-state index contributed by atoms with van der Waals surface area (Å²) in [5.74, 6) is 0.613. The highest BCUT2D eigenvalue weighted by Crippen LogP contribution is 2.21. The zero-order valence-corrected chi connectivity index (χ0v) is 11.9. The molecule has 0 fully saturated rings. The van der Waals surface area contributed by atoms with E-state index in [0.29, 0.717) is 5.82 Å². The van der Waals surface area contributed by atoms with Crippen LogP contribution in [-0.2, 0) is 6.42 Å². The molecule has 0 saturated carbocycles. The van der Waals surface area contributed by atoms with Crippen molar-refractivity contribution in [1.82, 2.24) is 14.8 Å². The first kappa shape index (κ1) is 13.4. The van der Waals surface area contributed by atoms with Crippen LogP contribution in [0.1, 0.15) is 18.9 Å². The summed E-state index contributed by atoms with van der Waals surface area (Å²) in [5, 5.41) is 3.21. The smallest absolute Gasteiger partial charge is 0.276 e. The molecule has 4 nitrogen and oxygen atoms in total. The Morgan fingerprint density at radius 1 is 1.10 bits per heavy atom. The van der Waals surface area contributed by atoms with E-state index in [1.54, 1.807) is 6.20 Å². The van der Waals surface area contributed by atoms with Crippen molar-refractivity contribution in [1.29, 1.82) is 0 Å². The molecule has 0 saturated heterocycles. The predicted octanol–water partition coefficient (Wildman–Crippen LogP) is 3.18. The highest BCUT2D eigenvalue weighted by molar-refractivity contribution is 5.63. The molecule has 1 aromatic carbocycles. The Hall–Kier alpha value is -2.62. The van der Waals surface area contributed by atoms with Crippen molar-refractivity contribution in [2.75, 3.05) is 0 Å². The summed E-state index contributed by atoms with van der Waals surface area (Å²) >= 11 is 0. The minimum Gasteiger partial charge on any atom is -0.289 e. The third-order valence-corrected chi connectivity index (χ3v) is 3.43. The maximum absolute atomic E-state index is 12.6.